The van der Waals surface area contributed by atoms with Crippen LogP contribution in [-0.2, 0) is 18.9 Å². The number of ether oxygens (including phenoxy) is 4. The molecule has 3 fully saturated rings. The van der Waals surface area contributed by atoms with Crippen LogP contribution in [0.15, 0.2) is 0 Å². The minimum Gasteiger partial charge on any atom is -0.379 e. The maximum Gasteiger partial charge on any atom is 0.163 e. The van der Waals surface area contributed by atoms with E-state index in [0.29, 0.717) is 0 Å². The van der Waals surface area contributed by atoms with Gasteiger partial charge < -0.3 is 18.9 Å². The summed E-state index contributed by atoms with van der Waals surface area (Å²) in [6.07, 6.45) is 0.280. The van der Waals surface area contributed by atoms with Gasteiger partial charge in [-0.1, -0.05) is 0 Å². The summed E-state index contributed by atoms with van der Waals surface area (Å²) in [5.74, 6) is -0.478. The van der Waals surface area contributed by atoms with E-state index in [1.165, 1.54) is 0 Å². The van der Waals surface area contributed by atoms with E-state index in [0.717, 1.165) is 65.7 Å². The normalized spacial score (nSPS) is 35.1. The van der Waals surface area contributed by atoms with Gasteiger partial charge in [0, 0.05) is 39.3 Å². The molecule has 122 valence electrons. The van der Waals surface area contributed by atoms with E-state index in [9.17, 15) is 0 Å². The Balaban J connectivity index is 1.56. The molecule has 3 aliphatic rings. The lowest BCUT2D eigenvalue weighted by atomic mass is 10.1. The van der Waals surface area contributed by atoms with Gasteiger partial charge in [0.1, 0.15) is 12.2 Å². The van der Waals surface area contributed by atoms with Crippen molar-refractivity contribution in [2.45, 2.75) is 31.8 Å². The SMILES string of the molecule is CC1(C)O[C@@H](CN2CCOCC2)[C@H](CN2CCOCC2)O1. The fourth-order valence-corrected chi connectivity index (χ4v) is 3.29. The van der Waals surface area contributed by atoms with Crippen LogP contribution in [0.3, 0.4) is 0 Å². The zero-order valence-corrected chi connectivity index (χ0v) is 13.3. The molecule has 3 aliphatic heterocycles. The molecule has 0 amide bonds. The van der Waals surface area contributed by atoms with Crippen molar-refractivity contribution in [3.8, 4) is 0 Å². The van der Waals surface area contributed by atoms with Crippen molar-refractivity contribution in [1.29, 1.82) is 0 Å². The number of hydrogen-bond donors (Lipinski definition) is 0. The van der Waals surface area contributed by atoms with Gasteiger partial charge >= 0.3 is 0 Å². The van der Waals surface area contributed by atoms with Gasteiger partial charge in [0.25, 0.3) is 0 Å². The van der Waals surface area contributed by atoms with Crippen LogP contribution in [-0.4, -0.2) is 93.5 Å². The first-order chi connectivity index (χ1) is 10.1. The molecule has 0 aromatic carbocycles. The number of rotatable bonds is 4. The molecule has 0 N–H and O–H groups in total. The van der Waals surface area contributed by atoms with E-state index in [1.54, 1.807) is 0 Å². The van der Waals surface area contributed by atoms with Crippen molar-refractivity contribution in [2.24, 2.45) is 0 Å². The smallest absolute Gasteiger partial charge is 0.163 e. The molecule has 0 spiro atoms. The van der Waals surface area contributed by atoms with Crippen LogP contribution in [0.5, 0.6) is 0 Å². The largest absolute Gasteiger partial charge is 0.379 e. The molecule has 2 atom stereocenters. The van der Waals surface area contributed by atoms with Crippen molar-refractivity contribution in [3.63, 3.8) is 0 Å². The second-order valence-electron chi connectivity index (χ2n) is 6.54. The Morgan fingerprint density at radius 3 is 1.52 bits per heavy atom. The van der Waals surface area contributed by atoms with Crippen LogP contribution in [0, 0.1) is 0 Å². The number of hydrogen-bond acceptors (Lipinski definition) is 6. The molecule has 0 unspecified atom stereocenters. The van der Waals surface area contributed by atoms with Gasteiger partial charge in [0.2, 0.25) is 0 Å². The van der Waals surface area contributed by atoms with Crippen molar-refractivity contribution in [2.75, 3.05) is 65.7 Å². The topological polar surface area (TPSA) is 43.4 Å². The lowest BCUT2D eigenvalue weighted by molar-refractivity contribution is -0.150. The van der Waals surface area contributed by atoms with Gasteiger partial charge in [-0.15, -0.1) is 0 Å². The summed E-state index contributed by atoms with van der Waals surface area (Å²) in [5.41, 5.74) is 0. The second-order valence-corrected chi connectivity index (χ2v) is 6.54. The van der Waals surface area contributed by atoms with E-state index < -0.39 is 5.79 Å². The molecule has 3 saturated heterocycles. The molecular weight excluding hydrogens is 272 g/mol. The fourth-order valence-electron chi connectivity index (χ4n) is 3.29. The van der Waals surface area contributed by atoms with Crippen LogP contribution >= 0.6 is 0 Å². The second kappa shape index (κ2) is 6.89. The zero-order chi connectivity index (χ0) is 14.7. The lowest BCUT2D eigenvalue weighted by Crippen LogP contribution is -2.48. The van der Waals surface area contributed by atoms with Crippen LogP contribution in [0.2, 0.25) is 0 Å². The van der Waals surface area contributed by atoms with E-state index in [-0.39, 0.29) is 12.2 Å². The molecule has 0 radical (unpaired) electrons. The van der Waals surface area contributed by atoms with Crippen molar-refractivity contribution in [3.05, 3.63) is 0 Å². The minimum atomic E-state index is -0.478. The monoisotopic (exact) mass is 300 g/mol. The summed E-state index contributed by atoms with van der Waals surface area (Å²) in [7, 11) is 0. The molecule has 3 rings (SSSR count). The first kappa shape index (κ1) is 15.6. The predicted octanol–water partition coefficient (Wildman–Crippen LogP) is 0.171. The third-order valence-electron chi connectivity index (χ3n) is 4.37. The van der Waals surface area contributed by atoms with E-state index >= 15 is 0 Å². The highest BCUT2D eigenvalue weighted by molar-refractivity contribution is 4.87. The third-order valence-corrected chi connectivity index (χ3v) is 4.37. The van der Waals surface area contributed by atoms with E-state index in [2.05, 4.69) is 9.80 Å². The van der Waals surface area contributed by atoms with Crippen LogP contribution < -0.4 is 0 Å². The van der Waals surface area contributed by atoms with Crippen LogP contribution in [0.4, 0.5) is 0 Å². The van der Waals surface area contributed by atoms with E-state index in [1.807, 2.05) is 13.8 Å². The van der Waals surface area contributed by atoms with Crippen molar-refractivity contribution in [1.82, 2.24) is 9.80 Å². The van der Waals surface area contributed by atoms with Crippen LogP contribution in [0.1, 0.15) is 13.8 Å². The summed E-state index contributed by atoms with van der Waals surface area (Å²) in [5, 5.41) is 0. The summed E-state index contributed by atoms with van der Waals surface area (Å²) < 4.78 is 23.1. The maximum absolute atomic E-state index is 6.14. The average molecular weight is 300 g/mol. The molecular formula is C15H28N2O4. The van der Waals surface area contributed by atoms with Crippen LogP contribution in [0.25, 0.3) is 0 Å². The molecule has 0 aromatic heterocycles. The lowest BCUT2D eigenvalue weighted by Gasteiger charge is -2.32. The number of nitrogens with zero attached hydrogens (tertiary/aromatic N) is 2. The predicted molar refractivity (Wildman–Crippen MR) is 78.3 cm³/mol. The average Bonchev–Trinajstić information content (AvgIpc) is 2.75. The molecule has 0 aromatic rings. The quantitative estimate of drug-likeness (QED) is 0.737. The Hall–Kier alpha value is -0.240. The molecule has 21 heavy (non-hydrogen) atoms. The van der Waals surface area contributed by atoms with Crippen molar-refractivity contribution < 1.29 is 18.9 Å². The first-order valence-electron chi connectivity index (χ1n) is 8.08. The summed E-state index contributed by atoms with van der Waals surface area (Å²) in [6.45, 7) is 13.2. The van der Waals surface area contributed by atoms with Gasteiger partial charge in [-0.2, -0.15) is 0 Å². The maximum atomic E-state index is 6.14. The Morgan fingerprint density at radius 1 is 0.762 bits per heavy atom. The Kier molecular flexibility index (Phi) is 5.14. The highest BCUT2D eigenvalue weighted by atomic mass is 16.8. The molecule has 3 heterocycles. The van der Waals surface area contributed by atoms with Gasteiger partial charge in [0.05, 0.1) is 26.4 Å². The Morgan fingerprint density at radius 2 is 1.14 bits per heavy atom. The van der Waals surface area contributed by atoms with Crippen molar-refractivity contribution >= 4 is 0 Å². The van der Waals surface area contributed by atoms with Gasteiger partial charge in [-0.05, 0) is 13.8 Å². The number of morpholine rings is 2. The molecule has 6 heteroatoms. The fraction of sp³-hybridized carbons (Fsp3) is 1.00. The van der Waals surface area contributed by atoms with Gasteiger partial charge in [0.15, 0.2) is 5.79 Å². The van der Waals surface area contributed by atoms with Gasteiger partial charge in [-0.3, -0.25) is 9.80 Å². The molecule has 6 nitrogen and oxygen atoms in total. The molecule has 0 saturated carbocycles. The van der Waals surface area contributed by atoms with Gasteiger partial charge in [-0.25, -0.2) is 0 Å². The first-order valence-corrected chi connectivity index (χ1v) is 8.08. The standard InChI is InChI=1S/C15H28N2O4/c1-15(2)20-13(11-16-3-7-18-8-4-16)14(21-15)12-17-5-9-19-10-6-17/h13-14H,3-12H2,1-2H3/t13-,14-/m0/s1. The third kappa shape index (κ3) is 4.37. The zero-order valence-electron chi connectivity index (χ0n) is 13.3. The Labute approximate surface area is 127 Å². The minimum absolute atomic E-state index is 0.140. The molecule has 0 bridgehead atoms. The highest BCUT2D eigenvalue weighted by Gasteiger charge is 2.42. The Bertz CT molecular complexity index is 298. The highest BCUT2D eigenvalue weighted by Crippen LogP contribution is 2.29. The summed E-state index contributed by atoms with van der Waals surface area (Å²) >= 11 is 0. The summed E-state index contributed by atoms with van der Waals surface area (Å²) in [4.78, 5) is 4.84. The van der Waals surface area contributed by atoms with E-state index in [4.69, 9.17) is 18.9 Å². The molecule has 0 aliphatic carbocycles. The summed E-state index contributed by atoms with van der Waals surface area (Å²) in [6, 6.07) is 0.